The van der Waals surface area contributed by atoms with E-state index in [2.05, 4.69) is 22.1 Å². The molecule has 3 rings (SSSR count). The van der Waals surface area contributed by atoms with Gasteiger partial charge in [0.25, 0.3) is 0 Å². The van der Waals surface area contributed by atoms with Gasteiger partial charge in [-0.25, -0.2) is 0 Å². The van der Waals surface area contributed by atoms with Gasteiger partial charge in [-0.05, 0) is 37.3 Å². The van der Waals surface area contributed by atoms with Gasteiger partial charge >= 0.3 is 0 Å². The highest BCUT2D eigenvalue weighted by Gasteiger charge is 2.14. The Kier molecular flexibility index (Phi) is 7.32. The second kappa shape index (κ2) is 10.1. The zero-order valence-electron chi connectivity index (χ0n) is 16.0. The van der Waals surface area contributed by atoms with Gasteiger partial charge in [-0.3, -0.25) is 9.36 Å². The number of carbonyl (C=O) groups is 1. The summed E-state index contributed by atoms with van der Waals surface area (Å²) in [5.41, 5.74) is 1.82. The molecule has 3 aromatic rings. The second-order valence-electron chi connectivity index (χ2n) is 6.25. The number of ether oxygens (including phenoxy) is 1. The molecule has 150 valence electrons. The van der Waals surface area contributed by atoms with Crippen LogP contribution >= 0.6 is 23.4 Å². The number of hydrogen-bond acceptors (Lipinski definition) is 5. The van der Waals surface area contributed by atoms with Crippen LogP contribution in [0.3, 0.4) is 0 Å². The largest absolute Gasteiger partial charge is 0.486 e. The van der Waals surface area contributed by atoms with Gasteiger partial charge in [0.15, 0.2) is 11.0 Å². The summed E-state index contributed by atoms with van der Waals surface area (Å²) in [5, 5.41) is 12.4. The molecule has 1 N–H and O–H groups in total. The van der Waals surface area contributed by atoms with E-state index in [-0.39, 0.29) is 18.3 Å². The molecule has 0 atom stereocenters. The first-order chi connectivity index (χ1) is 14.0. The number of nitrogens with one attached hydrogen (secondary N) is 1. The lowest BCUT2D eigenvalue weighted by molar-refractivity contribution is -0.113. The number of hydrogen-bond donors (Lipinski definition) is 1. The van der Waals surface area contributed by atoms with Crippen LogP contribution in [0.4, 0.5) is 5.69 Å². The van der Waals surface area contributed by atoms with Crippen LogP contribution in [-0.2, 0) is 17.9 Å². The number of rotatable bonds is 9. The van der Waals surface area contributed by atoms with Gasteiger partial charge < -0.3 is 10.1 Å². The summed E-state index contributed by atoms with van der Waals surface area (Å²) in [6, 6.07) is 14.8. The maximum atomic E-state index is 12.2. The van der Waals surface area contributed by atoms with Gasteiger partial charge in [-0.1, -0.05) is 53.2 Å². The minimum atomic E-state index is -0.150. The minimum absolute atomic E-state index is 0.150. The fourth-order valence-electron chi connectivity index (χ4n) is 2.52. The number of aromatic nitrogens is 3. The van der Waals surface area contributed by atoms with Crippen LogP contribution < -0.4 is 10.1 Å². The summed E-state index contributed by atoms with van der Waals surface area (Å²) < 4.78 is 7.69. The normalized spacial score (nSPS) is 10.6. The van der Waals surface area contributed by atoms with Crippen molar-refractivity contribution in [3.05, 3.63) is 77.6 Å². The average Bonchev–Trinajstić information content (AvgIpc) is 3.08. The predicted molar refractivity (Wildman–Crippen MR) is 117 cm³/mol. The molecule has 1 aromatic heterocycles. The van der Waals surface area contributed by atoms with Crippen molar-refractivity contribution in [1.29, 1.82) is 0 Å². The van der Waals surface area contributed by atoms with E-state index in [4.69, 9.17) is 16.3 Å². The highest BCUT2D eigenvalue weighted by Crippen LogP contribution is 2.20. The van der Waals surface area contributed by atoms with Crippen molar-refractivity contribution < 1.29 is 9.53 Å². The number of allylic oxidation sites excluding steroid dienone is 1. The van der Waals surface area contributed by atoms with Crippen molar-refractivity contribution in [3.63, 3.8) is 0 Å². The molecular weight excluding hydrogens is 408 g/mol. The Morgan fingerprint density at radius 2 is 2.07 bits per heavy atom. The summed E-state index contributed by atoms with van der Waals surface area (Å²) >= 11 is 7.25. The number of amides is 1. The fourth-order valence-corrected chi connectivity index (χ4v) is 3.48. The number of aryl methyl sites for hydroxylation is 1. The third kappa shape index (κ3) is 6.10. The number of thioether (sulfide) groups is 1. The first-order valence-electron chi connectivity index (χ1n) is 8.96. The quantitative estimate of drug-likeness (QED) is 0.394. The van der Waals surface area contributed by atoms with Gasteiger partial charge in [-0.15, -0.1) is 16.8 Å². The van der Waals surface area contributed by atoms with E-state index >= 15 is 0 Å². The van der Waals surface area contributed by atoms with Gasteiger partial charge in [0.1, 0.15) is 12.4 Å². The summed E-state index contributed by atoms with van der Waals surface area (Å²) in [5.74, 6) is 1.48. The van der Waals surface area contributed by atoms with E-state index in [9.17, 15) is 4.79 Å². The first kappa shape index (κ1) is 21.0. The standard InChI is InChI=1S/C21H21ClN4O2S/c1-3-11-26-19(13-28-18-9-7-15(2)8-10-18)24-25-21(26)29-14-20(27)23-17-6-4-5-16(22)12-17/h3-10,12H,1,11,13-14H2,2H3,(H,23,27). The Morgan fingerprint density at radius 1 is 1.28 bits per heavy atom. The molecule has 0 bridgehead atoms. The fraction of sp³-hybridized carbons (Fsp3) is 0.190. The zero-order chi connectivity index (χ0) is 20.6. The molecule has 0 aliphatic carbocycles. The van der Waals surface area contributed by atoms with Gasteiger partial charge in [-0.2, -0.15) is 0 Å². The molecule has 0 aliphatic heterocycles. The average molecular weight is 429 g/mol. The Bertz CT molecular complexity index is 989. The molecule has 8 heteroatoms. The Morgan fingerprint density at radius 3 is 2.79 bits per heavy atom. The summed E-state index contributed by atoms with van der Waals surface area (Å²) in [6.45, 7) is 6.61. The maximum Gasteiger partial charge on any atom is 0.234 e. The molecular formula is C21H21ClN4O2S. The molecule has 29 heavy (non-hydrogen) atoms. The number of halogens is 1. The highest BCUT2D eigenvalue weighted by molar-refractivity contribution is 7.99. The van der Waals surface area contributed by atoms with E-state index in [1.54, 1.807) is 30.3 Å². The summed E-state index contributed by atoms with van der Waals surface area (Å²) in [7, 11) is 0. The van der Waals surface area contributed by atoms with Crippen LogP contribution in [0.15, 0.2) is 66.3 Å². The number of anilines is 1. The summed E-state index contributed by atoms with van der Waals surface area (Å²) in [6.07, 6.45) is 1.76. The first-order valence-corrected chi connectivity index (χ1v) is 10.3. The van der Waals surface area contributed by atoms with E-state index in [0.717, 1.165) is 5.75 Å². The van der Waals surface area contributed by atoms with Crippen LogP contribution in [0, 0.1) is 6.92 Å². The third-order valence-electron chi connectivity index (χ3n) is 3.93. The van der Waals surface area contributed by atoms with Crippen LogP contribution in [0.25, 0.3) is 0 Å². The van der Waals surface area contributed by atoms with Gasteiger partial charge in [0.05, 0.1) is 5.75 Å². The lowest BCUT2D eigenvalue weighted by Gasteiger charge is -2.09. The molecule has 1 amide bonds. The van der Waals surface area contributed by atoms with Crippen molar-refractivity contribution in [1.82, 2.24) is 14.8 Å². The second-order valence-corrected chi connectivity index (χ2v) is 7.63. The zero-order valence-corrected chi connectivity index (χ0v) is 17.5. The Labute approximate surface area is 178 Å². The van der Waals surface area contributed by atoms with Crippen molar-refractivity contribution in [3.8, 4) is 5.75 Å². The Hall–Kier alpha value is -2.77. The molecule has 0 aliphatic rings. The van der Waals surface area contributed by atoms with Crippen LogP contribution in [-0.4, -0.2) is 26.4 Å². The molecule has 0 fully saturated rings. The van der Waals surface area contributed by atoms with E-state index < -0.39 is 0 Å². The lowest BCUT2D eigenvalue weighted by Crippen LogP contribution is -2.15. The SMILES string of the molecule is C=CCn1c(COc2ccc(C)cc2)nnc1SCC(=O)Nc1cccc(Cl)c1. The Balaban J connectivity index is 1.60. The lowest BCUT2D eigenvalue weighted by atomic mass is 10.2. The summed E-state index contributed by atoms with van der Waals surface area (Å²) in [4.78, 5) is 12.2. The molecule has 6 nitrogen and oxygen atoms in total. The third-order valence-corrected chi connectivity index (χ3v) is 5.14. The highest BCUT2D eigenvalue weighted by atomic mass is 35.5. The smallest absolute Gasteiger partial charge is 0.234 e. The monoisotopic (exact) mass is 428 g/mol. The molecule has 0 unspecified atom stereocenters. The topological polar surface area (TPSA) is 69.0 Å². The number of benzene rings is 2. The molecule has 0 radical (unpaired) electrons. The number of carbonyl (C=O) groups excluding carboxylic acids is 1. The molecule has 2 aromatic carbocycles. The van der Waals surface area contributed by atoms with Crippen molar-refractivity contribution in [2.75, 3.05) is 11.1 Å². The number of nitrogens with zero attached hydrogens (tertiary/aromatic N) is 3. The maximum absolute atomic E-state index is 12.2. The predicted octanol–water partition coefficient (Wildman–Crippen LogP) is 4.74. The van der Waals surface area contributed by atoms with Crippen LogP contribution in [0.5, 0.6) is 5.75 Å². The van der Waals surface area contributed by atoms with Crippen molar-refractivity contribution >= 4 is 35.0 Å². The van der Waals surface area contributed by atoms with E-state index in [0.29, 0.717) is 28.2 Å². The van der Waals surface area contributed by atoms with Gasteiger partial charge in [0, 0.05) is 17.3 Å². The molecule has 0 spiro atoms. The van der Waals surface area contributed by atoms with Crippen molar-refractivity contribution in [2.45, 2.75) is 25.2 Å². The van der Waals surface area contributed by atoms with Gasteiger partial charge in [0.2, 0.25) is 5.91 Å². The van der Waals surface area contributed by atoms with E-state index in [1.807, 2.05) is 35.8 Å². The molecule has 0 saturated carbocycles. The van der Waals surface area contributed by atoms with Crippen LogP contribution in [0.2, 0.25) is 5.02 Å². The molecule has 1 heterocycles. The minimum Gasteiger partial charge on any atom is -0.486 e. The molecule has 0 saturated heterocycles. The van der Waals surface area contributed by atoms with Crippen LogP contribution in [0.1, 0.15) is 11.4 Å². The van der Waals surface area contributed by atoms with E-state index in [1.165, 1.54) is 17.3 Å². The van der Waals surface area contributed by atoms with Crippen molar-refractivity contribution in [2.24, 2.45) is 0 Å².